The molecular weight excluding hydrogens is 268 g/mol. The maximum atomic E-state index is 12.1. The monoisotopic (exact) mass is 288 g/mol. The van der Waals surface area contributed by atoms with Gasteiger partial charge < -0.3 is 25.2 Å². The maximum absolute atomic E-state index is 12.1. The van der Waals surface area contributed by atoms with Crippen LogP contribution in [0.4, 0.5) is 4.79 Å². The van der Waals surface area contributed by atoms with E-state index in [9.17, 15) is 14.4 Å². The molecule has 8 nitrogen and oxygen atoms in total. The molecule has 1 aliphatic rings. The Morgan fingerprint density at radius 3 is 2.55 bits per heavy atom. The molecule has 0 spiro atoms. The number of nitrogens with zero attached hydrogens (tertiary/aromatic N) is 1. The van der Waals surface area contributed by atoms with E-state index in [-0.39, 0.29) is 25.0 Å². The van der Waals surface area contributed by atoms with Crippen molar-refractivity contribution < 1.29 is 29.3 Å². The zero-order valence-electron chi connectivity index (χ0n) is 11.5. The first-order valence-corrected chi connectivity index (χ1v) is 6.44. The molecule has 3 N–H and O–H groups in total. The molecule has 1 rings (SSSR count). The Kier molecular flexibility index (Phi) is 5.75. The summed E-state index contributed by atoms with van der Waals surface area (Å²) in [4.78, 5) is 35.1. The number of amides is 2. The smallest absolute Gasteiger partial charge is 0.326 e. The molecule has 8 heteroatoms. The Labute approximate surface area is 116 Å². The molecule has 0 saturated carbocycles. The fourth-order valence-corrected chi connectivity index (χ4v) is 1.94. The minimum absolute atomic E-state index is 0.112. The number of hydrogen-bond donors (Lipinski definition) is 3. The van der Waals surface area contributed by atoms with Crippen molar-refractivity contribution in [2.24, 2.45) is 0 Å². The van der Waals surface area contributed by atoms with Crippen molar-refractivity contribution in [2.75, 3.05) is 13.2 Å². The summed E-state index contributed by atoms with van der Waals surface area (Å²) in [6.45, 7) is 4.39. The highest BCUT2D eigenvalue weighted by Gasteiger charge is 2.30. The van der Waals surface area contributed by atoms with E-state index < -0.39 is 24.0 Å². The third-order valence-electron chi connectivity index (χ3n) is 3.11. The van der Waals surface area contributed by atoms with Crippen LogP contribution in [-0.4, -0.2) is 64.4 Å². The van der Waals surface area contributed by atoms with Crippen LogP contribution < -0.4 is 5.32 Å². The molecular formula is C12H20N2O6. The molecule has 0 bridgehead atoms. The second kappa shape index (κ2) is 7.09. The van der Waals surface area contributed by atoms with Gasteiger partial charge in [0.15, 0.2) is 0 Å². The van der Waals surface area contributed by atoms with Crippen LogP contribution in [0.1, 0.15) is 26.7 Å². The lowest BCUT2D eigenvalue weighted by atomic mass is 10.1. The average molecular weight is 288 g/mol. The van der Waals surface area contributed by atoms with Crippen LogP contribution >= 0.6 is 0 Å². The number of carbonyl (C=O) groups excluding carboxylic acids is 1. The Morgan fingerprint density at radius 1 is 1.35 bits per heavy atom. The summed E-state index contributed by atoms with van der Waals surface area (Å²) >= 11 is 0. The average Bonchev–Trinajstić information content (AvgIpc) is 2.36. The first kappa shape index (κ1) is 16.2. The van der Waals surface area contributed by atoms with Crippen LogP contribution in [0.3, 0.4) is 0 Å². The molecule has 114 valence electrons. The predicted molar refractivity (Wildman–Crippen MR) is 68.4 cm³/mol. The lowest BCUT2D eigenvalue weighted by molar-refractivity contribution is -0.140. The van der Waals surface area contributed by atoms with Crippen molar-refractivity contribution in [3.8, 4) is 0 Å². The molecule has 1 aliphatic heterocycles. The Morgan fingerprint density at radius 2 is 2.00 bits per heavy atom. The van der Waals surface area contributed by atoms with Crippen LogP contribution in [0.5, 0.6) is 0 Å². The summed E-state index contributed by atoms with van der Waals surface area (Å²) in [7, 11) is 0. The van der Waals surface area contributed by atoms with Crippen molar-refractivity contribution in [3.63, 3.8) is 0 Å². The summed E-state index contributed by atoms with van der Waals surface area (Å²) in [5.41, 5.74) is 0. The van der Waals surface area contributed by atoms with E-state index in [1.54, 1.807) is 6.92 Å². The molecule has 0 aromatic heterocycles. The molecule has 1 fully saturated rings. The quantitative estimate of drug-likeness (QED) is 0.662. The highest BCUT2D eigenvalue weighted by molar-refractivity contribution is 5.83. The van der Waals surface area contributed by atoms with Gasteiger partial charge in [0, 0.05) is 13.0 Å². The van der Waals surface area contributed by atoms with Crippen LogP contribution in [0.25, 0.3) is 0 Å². The number of morpholine rings is 1. The van der Waals surface area contributed by atoms with Crippen molar-refractivity contribution in [3.05, 3.63) is 0 Å². The van der Waals surface area contributed by atoms with E-state index in [0.29, 0.717) is 13.2 Å². The Bertz CT molecular complexity index is 386. The number of hydrogen-bond acceptors (Lipinski definition) is 4. The van der Waals surface area contributed by atoms with Gasteiger partial charge in [-0.3, -0.25) is 4.79 Å². The zero-order chi connectivity index (χ0) is 15.3. The maximum Gasteiger partial charge on any atom is 0.326 e. The predicted octanol–water partition coefficient (Wildman–Crippen LogP) is 0.123. The molecule has 20 heavy (non-hydrogen) atoms. The van der Waals surface area contributed by atoms with E-state index >= 15 is 0 Å². The van der Waals surface area contributed by atoms with E-state index in [0.717, 1.165) is 0 Å². The van der Waals surface area contributed by atoms with E-state index in [1.807, 2.05) is 6.92 Å². The third-order valence-corrected chi connectivity index (χ3v) is 3.11. The van der Waals surface area contributed by atoms with E-state index in [1.165, 1.54) is 4.90 Å². The number of carbonyl (C=O) groups is 3. The normalized spacial score (nSPS) is 24.0. The first-order chi connectivity index (χ1) is 9.31. The van der Waals surface area contributed by atoms with Gasteiger partial charge in [-0.25, -0.2) is 9.59 Å². The molecule has 0 aromatic carbocycles. The van der Waals surface area contributed by atoms with Gasteiger partial charge in [-0.2, -0.15) is 0 Å². The second-order valence-electron chi connectivity index (χ2n) is 4.92. The summed E-state index contributed by atoms with van der Waals surface area (Å²) in [6.07, 6.45) is -0.573. The van der Waals surface area contributed by atoms with E-state index in [2.05, 4.69) is 5.32 Å². The third kappa shape index (κ3) is 4.69. The number of nitrogens with one attached hydrogen (secondary N) is 1. The van der Waals surface area contributed by atoms with Gasteiger partial charge in [0.25, 0.3) is 0 Å². The number of aliphatic carboxylic acids is 2. The van der Waals surface area contributed by atoms with Crippen molar-refractivity contribution >= 4 is 18.0 Å². The number of carboxylic acids is 2. The molecule has 3 unspecified atom stereocenters. The largest absolute Gasteiger partial charge is 0.481 e. The minimum Gasteiger partial charge on any atom is -0.481 e. The standard InChI is InChI=1S/C12H20N2O6/c1-7-6-20-8(2)5-14(7)12(19)13-9(11(17)18)3-4-10(15)16/h7-9H,3-6H2,1-2H3,(H,13,19)(H,15,16)(H,17,18). The number of carboxylic acid groups (broad SMARTS) is 2. The van der Waals surface area contributed by atoms with Gasteiger partial charge in [0.05, 0.1) is 18.8 Å². The highest BCUT2D eigenvalue weighted by Crippen LogP contribution is 2.12. The SMILES string of the molecule is CC1CN(C(=O)NC(CCC(=O)O)C(=O)O)C(C)CO1. The molecule has 3 atom stereocenters. The van der Waals surface area contributed by atoms with Crippen LogP contribution in [0, 0.1) is 0 Å². The van der Waals surface area contributed by atoms with Gasteiger partial charge >= 0.3 is 18.0 Å². The minimum atomic E-state index is -1.24. The highest BCUT2D eigenvalue weighted by atomic mass is 16.5. The van der Waals surface area contributed by atoms with Crippen LogP contribution in [0.15, 0.2) is 0 Å². The lowest BCUT2D eigenvalue weighted by Gasteiger charge is -2.37. The number of rotatable bonds is 5. The van der Waals surface area contributed by atoms with E-state index in [4.69, 9.17) is 14.9 Å². The van der Waals surface area contributed by atoms with Crippen molar-refractivity contribution in [1.82, 2.24) is 10.2 Å². The van der Waals surface area contributed by atoms with Crippen molar-refractivity contribution in [2.45, 2.75) is 44.9 Å². The fraction of sp³-hybridized carbons (Fsp3) is 0.750. The number of ether oxygens (including phenoxy) is 1. The molecule has 0 radical (unpaired) electrons. The fourth-order valence-electron chi connectivity index (χ4n) is 1.94. The first-order valence-electron chi connectivity index (χ1n) is 6.44. The summed E-state index contributed by atoms with van der Waals surface area (Å²) in [6, 6.07) is -1.87. The van der Waals surface area contributed by atoms with Crippen molar-refractivity contribution in [1.29, 1.82) is 0 Å². The van der Waals surface area contributed by atoms with Gasteiger partial charge in [0.1, 0.15) is 6.04 Å². The van der Waals surface area contributed by atoms with Gasteiger partial charge in [-0.05, 0) is 20.3 Å². The Balaban J connectivity index is 2.60. The summed E-state index contributed by atoms with van der Waals surface area (Å²) in [5.74, 6) is -2.34. The molecule has 0 aliphatic carbocycles. The van der Waals surface area contributed by atoms with Crippen LogP contribution in [0.2, 0.25) is 0 Å². The lowest BCUT2D eigenvalue weighted by Crippen LogP contribution is -2.56. The second-order valence-corrected chi connectivity index (χ2v) is 4.92. The molecule has 1 saturated heterocycles. The summed E-state index contributed by atoms with van der Waals surface area (Å²) < 4.78 is 5.39. The van der Waals surface area contributed by atoms with Gasteiger partial charge in [-0.1, -0.05) is 0 Å². The Hall–Kier alpha value is -1.83. The molecule has 1 heterocycles. The van der Waals surface area contributed by atoms with Gasteiger partial charge in [0.2, 0.25) is 0 Å². The van der Waals surface area contributed by atoms with Crippen LogP contribution in [-0.2, 0) is 14.3 Å². The topological polar surface area (TPSA) is 116 Å². The molecule has 2 amide bonds. The molecule has 0 aromatic rings. The zero-order valence-corrected chi connectivity index (χ0v) is 11.5. The van der Waals surface area contributed by atoms with Gasteiger partial charge in [-0.15, -0.1) is 0 Å². The summed E-state index contributed by atoms with van der Waals surface area (Å²) in [5, 5.41) is 19.9. The number of urea groups is 1.